The maximum Gasteiger partial charge on any atom is 0.0218 e. The topological polar surface area (TPSA) is 15.3 Å². The Hall–Kier alpha value is 0.270. The quantitative estimate of drug-likeness (QED) is 0.754. The van der Waals surface area contributed by atoms with Crippen molar-refractivity contribution in [3.8, 4) is 0 Å². The lowest BCUT2D eigenvalue weighted by atomic mass is 10.1. The van der Waals surface area contributed by atoms with E-state index in [1.807, 2.05) is 0 Å². The number of likely N-dealkylation sites (N-methyl/N-ethyl adjacent to an activating group) is 1. The summed E-state index contributed by atoms with van der Waals surface area (Å²) in [5.41, 5.74) is 0. The van der Waals surface area contributed by atoms with Crippen molar-refractivity contribution in [2.75, 3.05) is 31.9 Å². The van der Waals surface area contributed by atoms with E-state index in [1.165, 1.54) is 25.3 Å². The summed E-state index contributed by atoms with van der Waals surface area (Å²) < 4.78 is 0. The van der Waals surface area contributed by atoms with Gasteiger partial charge in [-0.25, -0.2) is 0 Å². The van der Waals surface area contributed by atoms with E-state index in [-0.39, 0.29) is 0 Å². The molecule has 14 heavy (non-hydrogen) atoms. The summed E-state index contributed by atoms with van der Waals surface area (Å²) in [6, 6.07) is 0.748. The second kappa shape index (κ2) is 6.70. The molecule has 0 radical (unpaired) electrons. The van der Waals surface area contributed by atoms with Gasteiger partial charge in [0.15, 0.2) is 0 Å². The maximum absolute atomic E-state index is 3.46. The Morgan fingerprint density at radius 2 is 2.29 bits per heavy atom. The number of nitrogens with zero attached hydrogens (tertiary/aromatic N) is 1. The minimum absolute atomic E-state index is 0.748. The van der Waals surface area contributed by atoms with Crippen LogP contribution < -0.4 is 5.32 Å². The van der Waals surface area contributed by atoms with E-state index in [4.69, 9.17) is 0 Å². The summed E-state index contributed by atoms with van der Waals surface area (Å²) in [5.74, 6) is 1.31. The first-order chi connectivity index (χ1) is 6.77. The zero-order valence-electron chi connectivity index (χ0n) is 9.75. The predicted molar refractivity (Wildman–Crippen MR) is 66.1 cm³/mol. The van der Waals surface area contributed by atoms with Crippen LogP contribution in [0.4, 0.5) is 0 Å². The highest BCUT2D eigenvalue weighted by molar-refractivity contribution is 7.99. The molecule has 1 fully saturated rings. The molecular formula is C11H24N2S. The number of hydrogen-bond donors (Lipinski definition) is 1. The highest BCUT2D eigenvalue weighted by Gasteiger charge is 2.22. The van der Waals surface area contributed by atoms with Crippen molar-refractivity contribution in [1.82, 2.24) is 10.2 Å². The minimum atomic E-state index is 0.748. The van der Waals surface area contributed by atoms with Gasteiger partial charge in [-0.3, -0.25) is 4.90 Å². The van der Waals surface area contributed by atoms with E-state index >= 15 is 0 Å². The van der Waals surface area contributed by atoms with Gasteiger partial charge >= 0.3 is 0 Å². The fourth-order valence-electron chi connectivity index (χ4n) is 2.02. The number of hydrogen-bond acceptors (Lipinski definition) is 3. The smallest absolute Gasteiger partial charge is 0.0218 e. The summed E-state index contributed by atoms with van der Waals surface area (Å²) >= 11 is 2.11. The highest BCUT2D eigenvalue weighted by Crippen LogP contribution is 2.20. The average Bonchev–Trinajstić information content (AvgIpc) is 2.19. The molecule has 1 N–H and O–H groups in total. The Bertz CT molecular complexity index is 152. The molecule has 0 aromatic rings. The van der Waals surface area contributed by atoms with E-state index in [9.17, 15) is 0 Å². The third kappa shape index (κ3) is 3.79. The molecule has 84 valence electrons. The maximum atomic E-state index is 3.46. The summed E-state index contributed by atoms with van der Waals surface area (Å²) in [4.78, 5) is 2.66. The molecule has 2 unspecified atom stereocenters. The molecule has 1 aliphatic heterocycles. The first-order valence-corrected chi connectivity index (χ1v) is 6.89. The third-order valence-electron chi connectivity index (χ3n) is 2.89. The second-order valence-electron chi connectivity index (χ2n) is 4.05. The average molecular weight is 216 g/mol. The van der Waals surface area contributed by atoms with Crippen LogP contribution in [0.3, 0.4) is 0 Å². The van der Waals surface area contributed by atoms with Crippen LogP contribution in [0.15, 0.2) is 0 Å². The van der Waals surface area contributed by atoms with Gasteiger partial charge in [0.05, 0.1) is 0 Å². The van der Waals surface area contributed by atoms with Gasteiger partial charge in [-0.2, -0.15) is 11.8 Å². The lowest BCUT2D eigenvalue weighted by molar-refractivity contribution is 0.195. The van der Waals surface area contributed by atoms with E-state index < -0.39 is 0 Å². The van der Waals surface area contributed by atoms with Crippen LogP contribution >= 0.6 is 11.8 Å². The van der Waals surface area contributed by atoms with Gasteiger partial charge in [0.25, 0.3) is 0 Å². The van der Waals surface area contributed by atoms with Crippen molar-refractivity contribution in [3.05, 3.63) is 0 Å². The van der Waals surface area contributed by atoms with E-state index in [2.05, 4.69) is 42.7 Å². The normalized spacial score (nSPS) is 26.4. The van der Waals surface area contributed by atoms with Crippen molar-refractivity contribution in [1.29, 1.82) is 0 Å². The van der Waals surface area contributed by atoms with Gasteiger partial charge in [-0.05, 0) is 13.0 Å². The molecule has 1 aliphatic rings. The molecule has 0 aliphatic carbocycles. The van der Waals surface area contributed by atoms with Crippen molar-refractivity contribution in [2.45, 2.75) is 38.5 Å². The predicted octanol–water partition coefficient (Wildman–Crippen LogP) is 1.81. The number of rotatable bonds is 5. The Kier molecular flexibility index (Phi) is 5.90. The SMILES string of the molecule is CCNCC(CC)N1CCSC(C)C1. The standard InChI is InChI=1S/C11H24N2S/c1-4-11(8-12-5-2)13-6-7-14-10(3)9-13/h10-12H,4-9H2,1-3H3. The lowest BCUT2D eigenvalue weighted by Crippen LogP contribution is -2.47. The van der Waals surface area contributed by atoms with Gasteiger partial charge in [0, 0.05) is 36.7 Å². The number of thioether (sulfide) groups is 1. The van der Waals surface area contributed by atoms with Gasteiger partial charge in [0.2, 0.25) is 0 Å². The molecule has 2 atom stereocenters. The van der Waals surface area contributed by atoms with Crippen LogP contribution in [0.1, 0.15) is 27.2 Å². The summed E-state index contributed by atoms with van der Waals surface area (Å²) in [6.45, 7) is 11.6. The van der Waals surface area contributed by atoms with Crippen molar-refractivity contribution >= 4 is 11.8 Å². The molecule has 3 heteroatoms. The summed E-state index contributed by atoms with van der Waals surface area (Å²) in [6.07, 6.45) is 1.27. The van der Waals surface area contributed by atoms with Crippen LogP contribution in [0.5, 0.6) is 0 Å². The van der Waals surface area contributed by atoms with Gasteiger partial charge in [0.1, 0.15) is 0 Å². The van der Waals surface area contributed by atoms with Crippen LogP contribution in [0.25, 0.3) is 0 Å². The van der Waals surface area contributed by atoms with E-state index in [1.54, 1.807) is 0 Å². The zero-order valence-corrected chi connectivity index (χ0v) is 10.6. The molecule has 0 saturated carbocycles. The third-order valence-corrected chi connectivity index (χ3v) is 4.03. The molecule has 1 saturated heterocycles. The summed E-state index contributed by atoms with van der Waals surface area (Å²) in [5, 5.41) is 4.28. The molecule has 0 aromatic heterocycles. The monoisotopic (exact) mass is 216 g/mol. The van der Waals surface area contributed by atoms with E-state index in [0.29, 0.717) is 0 Å². The first kappa shape index (κ1) is 12.3. The largest absolute Gasteiger partial charge is 0.315 e. The van der Waals surface area contributed by atoms with Crippen LogP contribution in [0.2, 0.25) is 0 Å². The summed E-state index contributed by atoms with van der Waals surface area (Å²) in [7, 11) is 0. The molecule has 1 rings (SSSR count). The Morgan fingerprint density at radius 3 is 2.86 bits per heavy atom. The Balaban J connectivity index is 2.34. The van der Waals surface area contributed by atoms with Gasteiger partial charge in [-0.15, -0.1) is 0 Å². The highest BCUT2D eigenvalue weighted by atomic mass is 32.2. The molecule has 0 aromatic carbocycles. The van der Waals surface area contributed by atoms with Crippen LogP contribution in [-0.4, -0.2) is 48.1 Å². The van der Waals surface area contributed by atoms with Crippen LogP contribution in [0, 0.1) is 0 Å². The zero-order chi connectivity index (χ0) is 10.4. The molecular weight excluding hydrogens is 192 g/mol. The van der Waals surface area contributed by atoms with Gasteiger partial charge < -0.3 is 5.32 Å². The van der Waals surface area contributed by atoms with Crippen molar-refractivity contribution in [3.63, 3.8) is 0 Å². The number of nitrogens with one attached hydrogen (secondary N) is 1. The lowest BCUT2D eigenvalue weighted by Gasteiger charge is -2.36. The second-order valence-corrected chi connectivity index (χ2v) is 5.59. The Labute approximate surface area is 92.8 Å². The molecule has 1 heterocycles. The molecule has 0 spiro atoms. The van der Waals surface area contributed by atoms with E-state index in [0.717, 1.165) is 24.4 Å². The van der Waals surface area contributed by atoms with Gasteiger partial charge in [-0.1, -0.05) is 20.8 Å². The molecule has 0 amide bonds. The minimum Gasteiger partial charge on any atom is -0.315 e. The molecule has 2 nitrogen and oxygen atoms in total. The van der Waals surface area contributed by atoms with Crippen molar-refractivity contribution < 1.29 is 0 Å². The first-order valence-electron chi connectivity index (χ1n) is 5.84. The molecule has 0 bridgehead atoms. The Morgan fingerprint density at radius 1 is 1.50 bits per heavy atom. The van der Waals surface area contributed by atoms with Crippen molar-refractivity contribution in [2.24, 2.45) is 0 Å². The van der Waals surface area contributed by atoms with Crippen LogP contribution in [-0.2, 0) is 0 Å². The fraction of sp³-hybridized carbons (Fsp3) is 1.00. The fourth-order valence-corrected chi connectivity index (χ4v) is 3.06.